The molecular formula is C16H24N2O2. The highest BCUT2D eigenvalue weighted by Crippen LogP contribution is 2.31. The lowest BCUT2D eigenvalue weighted by Crippen LogP contribution is -2.34. The molecule has 0 aromatic heterocycles. The third-order valence-corrected chi connectivity index (χ3v) is 3.78. The van der Waals surface area contributed by atoms with E-state index in [1.165, 1.54) is 11.3 Å². The summed E-state index contributed by atoms with van der Waals surface area (Å²) in [4.78, 5) is 14.1. The van der Waals surface area contributed by atoms with Crippen LogP contribution in [0.1, 0.15) is 25.3 Å². The van der Waals surface area contributed by atoms with Gasteiger partial charge in [-0.25, -0.2) is 0 Å². The van der Waals surface area contributed by atoms with Gasteiger partial charge < -0.3 is 15.0 Å². The van der Waals surface area contributed by atoms with Crippen molar-refractivity contribution in [2.75, 3.05) is 31.7 Å². The lowest BCUT2D eigenvalue weighted by molar-refractivity contribution is -0.120. The molecule has 1 aliphatic rings. The standard InChI is InChI=1S/C16H24N2O2/c1-13-12-14-6-3-4-7-15(14)18(13)10-8-16(19)17-9-5-11-20-2/h3-4,6-7,13H,5,8-12H2,1-2H3,(H,17,19). The highest BCUT2D eigenvalue weighted by atomic mass is 16.5. The van der Waals surface area contributed by atoms with Gasteiger partial charge in [0, 0.05) is 45.0 Å². The van der Waals surface area contributed by atoms with Gasteiger partial charge >= 0.3 is 0 Å². The normalized spacial score (nSPS) is 17.1. The summed E-state index contributed by atoms with van der Waals surface area (Å²) in [7, 11) is 1.67. The van der Waals surface area contributed by atoms with Gasteiger partial charge in [-0.2, -0.15) is 0 Å². The SMILES string of the molecule is COCCCNC(=O)CCN1c2ccccc2CC1C. The predicted molar refractivity (Wildman–Crippen MR) is 81.1 cm³/mol. The number of rotatable bonds is 7. The number of fused-ring (bicyclic) bond motifs is 1. The average Bonchev–Trinajstić information content (AvgIpc) is 2.77. The van der Waals surface area contributed by atoms with Crippen molar-refractivity contribution < 1.29 is 9.53 Å². The fourth-order valence-electron chi connectivity index (χ4n) is 2.73. The molecule has 1 amide bonds. The van der Waals surface area contributed by atoms with E-state index in [0.717, 1.165) is 19.4 Å². The maximum Gasteiger partial charge on any atom is 0.221 e. The van der Waals surface area contributed by atoms with Crippen molar-refractivity contribution in [2.24, 2.45) is 0 Å². The molecule has 0 saturated heterocycles. The number of nitrogens with one attached hydrogen (secondary N) is 1. The van der Waals surface area contributed by atoms with Gasteiger partial charge in [-0.15, -0.1) is 0 Å². The molecule has 0 aliphatic carbocycles. The fourth-order valence-corrected chi connectivity index (χ4v) is 2.73. The second kappa shape index (κ2) is 7.29. The van der Waals surface area contributed by atoms with E-state index in [2.05, 4.69) is 41.4 Å². The number of hydrogen-bond acceptors (Lipinski definition) is 3. The van der Waals surface area contributed by atoms with Gasteiger partial charge in [0.2, 0.25) is 5.91 Å². The summed E-state index contributed by atoms with van der Waals surface area (Å²) in [5.41, 5.74) is 2.67. The minimum absolute atomic E-state index is 0.123. The third-order valence-electron chi connectivity index (χ3n) is 3.78. The Morgan fingerprint density at radius 1 is 1.45 bits per heavy atom. The van der Waals surface area contributed by atoms with Crippen LogP contribution >= 0.6 is 0 Å². The van der Waals surface area contributed by atoms with Crippen molar-refractivity contribution in [1.82, 2.24) is 5.32 Å². The molecule has 1 heterocycles. The zero-order valence-electron chi connectivity index (χ0n) is 12.4. The zero-order valence-corrected chi connectivity index (χ0v) is 12.4. The number of benzene rings is 1. The lowest BCUT2D eigenvalue weighted by atomic mass is 10.1. The molecule has 1 atom stereocenters. The number of ether oxygens (including phenoxy) is 1. The van der Waals surface area contributed by atoms with Crippen LogP contribution in [0.5, 0.6) is 0 Å². The number of carbonyl (C=O) groups excluding carboxylic acids is 1. The molecule has 1 N–H and O–H groups in total. The minimum Gasteiger partial charge on any atom is -0.385 e. The number of carbonyl (C=O) groups is 1. The predicted octanol–water partition coefficient (Wildman–Crippen LogP) is 1.98. The molecule has 1 aliphatic heterocycles. The Kier molecular flexibility index (Phi) is 5.41. The molecule has 0 fully saturated rings. The van der Waals surface area contributed by atoms with Crippen LogP contribution in [0, 0.1) is 0 Å². The Labute approximate surface area is 121 Å². The molecule has 4 nitrogen and oxygen atoms in total. The van der Waals surface area contributed by atoms with E-state index in [0.29, 0.717) is 25.6 Å². The van der Waals surface area contributed by atoms with E-state index in [9.17, 15) is 4.79 Å². The van der Waals surface area contributed by atoms with Gasteiger partial charge in [-0.05, 0) is 31.4 Å². The van der Waals surface area contributed by atoms with Crippen LogP contribution in [0.4, 0.5) is 5.69 Å². The van der Waals surface area contributed by atoms with E-state index in [4.69, 9.17) is 4.74 Å². The smallest absolute Gasteiger partial charge is 0.221 e. The first kappa shape index (κ1) is 14.9. The molecule has 1 aromatic carbocycles. The van der Waals surface area contributed by atoms with E-state index in [1.54, 1.807) is 7.11 Å². The second-order valence-electron chi connectivity index (χ2n) is 5.32. The first-order valence-corrected chi connectivity index (χ1v) is 7.32. The van der Waals surface area contributed by atoms with Crippen LogP contribution in [-0.4, -0.2) is 38.8 Å². The molecule has 0 bridgehead atoms. The Balaban J connectivity index is 1.78. The van der Waals surface area contributed by atoms with Crippen LogP contribution in [0.3, 0.4) is 0 Å². The van der Waals surface area contributed by atoms with Gasteiger partial charge in [-0.3, -0.25) is 4.79 Å². The maximum absolute atomic E-state index is 11.8. The van der Waals surface area contributed by atoms with E-state index in [-0.39, 0.29) is 5.91 Å². The molecule has 0 saturated carbocycles. The Hall–Kier alpha value is -1.55. The summed E-state index contributed by atoms with van der Waals surface area (Å²) in [6.07, 6.45) is 2.49. The van der Waals surface area contributed by atoms with Crippen molar-refractivity contribution >= 4 is 11.6 Å². The Bertz CT molecular complexity index is 448. The molecule has 20 heavy (non-hydrogen) atoms. The third kappa shape index (κ3) is 3.73. The van der Waals surface area contributed by atoms with Gasteiger partial charge in [0.05, 0.1) is 0 Å². The van der Waals surface area contributed by atoms with E-state index in [1.807, 2.05) is 0 Å². The number of hydrogen-bond donors (Lipinski definition) is 1. The molecular weight excluding hydrogens is 252 g/mol. The summed E-state index contributed by atoms with van der Waals surface area (Å²) < 4.78 is 4.96. The summed E-state index contributed by atoms with van der Waals surface area (Å²) in [6.45, 7) is 4.39. The summed E-state index contributed by atoms with van der Waals surface area (Å²) >= 11 is 0. The number of nitrogens with zero attached hydrogens (tertiary/aromatic N) is 1. The Morgan fingerprint density at radius 3 is 3.05 bits per heavy atom. The van der Waals surface area contributed by atoms with Gasteiger partial charge in [0.1, 0.15) is 0 Å². The highest BCUT2D eigenvalue weighted by molar-refractivity contribution is 5.76. The first-order valence-electron chi connectivity index (χ1n) is 7.32. The van der Waals surface area contributed by atoms with Gasteiger partial charge in [-0.1, -0.05) is 18.2 Å². The number of methoxy groups -OCH3 is 1. The monoisotopic (exact) mass is 276 g/mol. The molecule has 110 valence electrons. The van der Waals surface area contributed by atoms with Crippen LogP contribution in [0.15, 0.2) is 24.3 Å². The van der Waals surface area contributed by atoms with Gasteiger partial charge in [0.25, 0.3) is 0 Å². The van der Waals surface area contributed by atoms with Crippen LogP contribution in [-0.2, 0) is 16.0 Å². The summed E-state index contributed by atoms with van der Waals surface area (Å²) in [6, 6.07) is 8.95. The lowest BCUT2D eigenvalue weighted by Gasteiger charge is -2.24. The summed E-state index contributed by atoms with van der Waals surface area (Å²) in [5.74, 6) is 0.123. The zero-order chi connectivity index (χ0) is 14.4. The van der Waals surface area contributed by atoms with Crippen molar-refractivity contribution in [1.29, 1.82) is 0 Å². The van der Waals surface area contributed by atoms with Crippen molar-refractivity contribution in [3.8, 4) is 0 Å². The van der Waals surface area contributed by atoms with E-state index >= 15 is 0 Å². The second-order valence-corrected chi connectivity index (χ2v) is 5.32. The quantitative estimate of drug-likeness (QED) is 0.774. The van der Waals surface area contributed by atoms with Crippen LogP contribution < -0.4 is 10.2 Å². The number of para-hydroxylation sites is 1. The van der Waals surface area contributed by atoms with Crippen molar-refractivity contribution in [3.05, 3.63) is 29.8 Å². The van der Waals surface area contributed by atoms with Crippen molar-refractivity contribution in [2.45, 2.75) is 32.2 Å². The van der Waals surface area contributed by atoms with E-state index < -0.39 is 0 Å². The van der Waals surface area contributed by atoms with Crippen LogP contribution in [0.2, 0.25) is 0 Å². The first-order chi connectivity index (χ1) is 9.72. The molecule has 1 unspecified atom stereocenters. The molecule has 2 rings (SSSR count). The topological polar surface area (TPSA) is 41.6 Å². The maximum atomic E-state index is 11.8. The molecule has 4 heteroatoms. The van der Waals surface area contributed by atoms with Crippen LogP contribution in [0.25, 0.3) is 0 Å². The average molecular weight is 276 g/mol. The highest BCUT2D eigenvalue weighted by Gasteiger charge is 2.25. The fraction of sp³-hybridized carbons (Fsp3) is 0.562. The Morgan fingerprint density at radius 2 is 2.25 bits per heavy atom. The van der Waals surface area contributed by atoms with Crippen molar-refractivity contribution in [3.63, 3.8) is 0 Å². The molecule has 1 aromatic rings. The number of anilines is 1. The molecule has 0 radical (unpaired) electrons. The largest absolute Gasteiger partial charge is 0.385 e. The van der Waals surface area contributed by atoms with Gasteiger partial charge in [0.15, 0.2) is 0 Å². The minimum atomic E-state index is 0.123. The molecule has 0 spiro atoms. The number of amides is 1. The summed E-state index contributed by atoms with van der Waals surface area (Å²) in [5, 5.41) is 2.93.